The van der Waals surface area contributed by atoms with Gasteiger partial charge in [-0.2, -0.15) is 0 Å². The van der Waals surface area contributed by atoms with Crippen LogP contribution in [-0.4, -0.2) is 42.1 Å². The lowest BCUT2D eigenvalue weighted by Crippen LogP contribution is -2.41. The molecule has 152 valence electrons. The summed E-state index contributed by atoms with van der Waals surface area (Å²) in [5, 5.41) is 23.0. The van der Waals surface area contributed by atoms with E-state index in [1.807, 2.05) is 84.9 Å². The van der Waals surface area contributed by atoms with Crippen LogP contribution in [0.4, 0.5) is 0 Å². The van der Waals surface area contributed by atoms with Gasteiger partial charge in [-0.3, -0.25) is 0 Å². The lowest BCUT2D eigenvalue weighted by atomic mass is 10.1. The minimum Gasteiger partial charge on any atom is -0.491 e. The molecular formula is C24H27NO4. The molecule has 0 saturated carbocycles. The summed E-state index contributed by atoms with van der Waals surface area (Å²) < 4.78 is 11.3. The van der Waals surface area contributed by atoms with Crippen LogP contribution in [-0.2, 0) is 6.42 Å². The molecule has 5 heteroatoms. The Balaban J connectivity index is 1.43. The molecule has 0 spiro atoms. The molecule has 29 heavy (non-hydrogen) atoms. The Hall–Kier alpha value is -2.86. The van der Waals surface area contributed by atoms with Crippen LogP contribution in [0, 0.1) is 0 Å². The van der Waals surface area contributed by atoms with Crippen LogP contribution in [0.25, 0.3) is 0 Å². The average Bonchev–Trinajstić information content (AvgIpc) is 2.78. The van der Waals surface area contributed by atoms with Gasteiger partial charge < -0.3 is 25.0 Å². The molecule has 1 unspecified atom stereocenters. The lowest BCUT2D eigenvalue weighted by Gasteiger charge is -2.19. The quantitative estimate of drug-likeness (QED) is 0.466. The van der Waals surface area contributed by atoms with Crippen molar-refractivity contribution < 1.29 is 19.7 Å². The third kappa shape index (κ3) is 7.23. The van der Waals surface area contributed by atoms with Crippen molar-refractivity contribution in [2.45, 2.75) is 18.6 Å². The van der Waals surface area contributed by atoms with Gasteiger partial charge in [0, 0.05) is 12.6 Å². The van der Waals surface area contributed by atoms with Gasteiger partial charge in [0.2, 0.25) is 0 Å². The first-order valence-corrected chi connectivity index (χ1v) is 9.75. The molecule has 3 N–H and O–H groups in total. The van der Waals surface area contributed by atoms with E-state index in [1.54, 1.807) is 0 Å². The Morgan fingerprint density at radius 2 is 1.34 bits per heavy atom. The molecule has 0 saturated heterocycles. The van der Waals surface area contributed by atoms with E-state index >= 15 is 0 Å². The van der Waals surface area contributed by atoms with Gasteiger partial charge in [0.1, 0.15) is 30.0 Å². The van der Waals surface area contributed by atoms with Crippen LogP contribution in [0.1, 0.15) is 5.56 Å². The number of ether oxygens (including phenoxy) is 2. The maximum absolute atomic E-state index is 10.1. The van der Waals surface area contributed by atoms with Gasteiger partial charge in [0.25, 0.3) is 0 Å². The van der Waals surface area contributed by atoms with E-state index in [1.165, 1.54) is 0 Å². The number of para-hydroxylation sites is 2. The zero-order valence-corrected chi connectivity index (χ0v) is 16.3. The second kappa shape index (κ2) is 11.2. The van der Waals surface area contributed by atoms with Gasteiger partial charge in [-0.1, -0.05) is 48.5 Å². The highest BCUT2D eigenvalue weighted by molar-refractivity contribution is 5.33. The summed E-state index contributed by atoms with van der Waals surface area (Å²) in [5.74, 6) is 2.28. The van der Waals surface area contributed by atoms with Crippen molar-refractivity contribution in [3.8, 4) is 17.2 Å². The van der Waals surface area contributed by atoms with Crippen molar-refractivity contribution >= 4 is 0 Å². The highest BCUT2D eigenvalue weighted by Gasteiger charge is 2.12. The summed E-state index contributed by atoms with van der Waals surface area (Å²) in [7, 11) is 0. The molecule has 3 aromatic rings. The number of hydrogen-bond acceptors (Lipinski definition) is 5. The van der Waals surface area contributed by atoms with Crippen LogP contribution in [0.3, 0.4) is 0 Å². The predicted molar refractivity (Wildman–Crippen MR) is 113 cm³/mol. The zero-order chi connectivity index (χ0) is 20.3. The largest absolute Gasteiger partial charge is 0.491 e. The standard InChI is InChI=1S/C24H27NO4/c26-17-20(25-16-21(27)18-28-22-7-3-1-4-8-22)15-19-11-13-24(14-12-19)29-23-9-5-2-6-10-23/h1-14,20-21,25-27H,15-18H2/t20-,21?/m0/s1. The van der Waals surface area contributed by atoms with E-state index in [0.717, 1.165) is 22.8 Å². The number of aliphatic hydroxyl groups excluding tert-OH is 2. The second-order valence-electron chi connectivity index (χ2n) is 6.83. The molecule has 5 nitrogen and oxygen atoms in total. The number of nitrogens with one attached hydrogen (secondary N) is 1. The maximum Gasteiger partial charge on any atom is 0.127 e. The van der Waals surface area contributed by atoms with E-state index in [2.05, 4.69) is 5.32 Å². The van der Waals surface area contributed by atoms with E-state index in [4.69, 9.17) is 9.47 Å². The molecule has 0 heterocycles. The van der Waals surface area contributed by atoms with Gasteiger partial charge in [-0.15, -0.1) is 0 Å². The zero-order valence-electron chi connectivity index (χ0n) is 16.3. The minimum atomic E-state index is -0.661. The van der Waals surface area contributed by atoms with Crippen molar-refractivity contribution in [3.05, 3.63) is 90.5 Å². The van der Waals surface area contributed by atoms with E-state index in [0.29, 0.717) is 13.0 Å². The fourth-order valence-corrected chi connectivity index (χ4v) is 2.87. The lowest BCUT2D eigenvalue weighted by molar-refractivity contribution is 0.0997. The van der Waals surface area contributed by atoms with Crippen LogP contribution in [0.15, 0.2) is 84.9 Å². The molecule has 0 aromatic heterocycles. The molecule has 0 fully saturated rings. The first-order valence-electron chi connectivity index (χ1n) is 9.75. The Morgan fingerprint density at radius 3 is 1.97 bits per heavy atom. The SMILES string of the molecule is OC[C@H](Cc1ccc(Oc2ccccc2)cc1)NCC(O)COc1ccccc1. The van der Waals surface area contributed by atoms with E-state index in [-0.39, 0.29) is 19.3 Å². The van der Waals surface area contributed by atoms with Crippen molar-refractivity contribution in [2.24, 2.45) is 0 Å². The fraction of sp³-hybridized carbons (Fsp3) is 0.250. The van der Waals surface area contributed by atoms with Gasteiger partial charge in [0.05, 0.1) is 6.61 Å². The molecule has 0 amide bonds. The number of rotatable bonds is 11. The highest BCUT2D eigenvalue weighted by Crippen LogP contribution is 2.21. The van der Waals surface area contributed by atoms with Crippen LogP contribution in [0.5, 0.6) is 17.2 Å². The van der Waals surface area contributed by atoms with E-state index < -0.39 is 6.10 Å². The number of aliphatic hydroxyl groups is 2. The molecule has 0 aliphatic rings. The number of benzene rings is 3. The second-order valence-corrected chi connectivity index (χ2v) is 6.83. The van der Waals surface area contributed by atoms with Gasteiger partial charge in [-0.25, -0.2) is 0 Å². The molecular weight excluding hydrogens is 366 g/mol. The topological polar surface area (TPSA) is 71.0 Å². The highest BCUT2D eigenvalue weighted by atomic mass is 16.5. The summed E-state index contributed by atoms with van der Waals surface area (Å²) in [6.07, 6.45) is -0.0140. The normalized spacial score (nSPS) is 12.9. The van der Waals surface area contributed by atoms with Crippen molar-refractivity contribution in [3.63, 3.8) is 0 Å². The average molecular weight is 393 g/mol. The van der Waals surface area contributed by atoms with Crippen LogP contribution >= 0.6 is 0 Å². The Morgan fingerprint density at radius 1 is 0.759 bits per heavy atom. The van der Waals surface area contributed by atoms with Gasteiger partial charge in [0.15, 0.2) is 0 Å². The van der Waals surface area contributed by atoms with Crippen molar-refractivity contribution in [2.75, 3.05) is 19.8 Å². The third-order valence-corrected chi connectivity index (χ3v) is 4.43. The van der Waals surface area contributed by atoms with Gasteiger partial charge in [-0.05, 0) is 48.4 Å². The first kappa shape index (κ1) is 20.9. The van der Waals surface area contributed by atoms with E-state index in [9.17, 15) is 10.2 Å². The fourth-order valence-electron chi connectivity index (χ4n) is 2.87. The summed E-state index contributed by atoms with van der Waals surface area (Å²) in [6, 6.07) is 26.7. The summed E-state index contributed by atoms with van der Waals surface area (Å²) in [6.45, 7) is 0.516. The maximum atomic E-state index is 10.1. The molecule has 0 aliphatic heterocycles. The van der Waals surface area contributed by atoms with Gasteiger partial charge >= 0.3 is 0 Å². The summed E-state index contributed by atoms with van der Waals surface area (Å²) >= 11 is 0. The Bertz CT molecular complexity index is 825. The van der Waals surface area contributed by atoms with Crippen LogP contribution in [0.2, 0.25) is 0 Å². The van der Waals surface area contributed by atoms with Crippen molar-refractivity contribution in [1.29, 1.82) is 0 Å². The molecule has 2 atom stereocenters. The third-order valence-electron chi connectivity index (χ3n) is 4.43. The first-order chi connectivity index (χ1) is 14.2. The smallest absolute Gasteiger partial charge is 0.127 e. The molecule has 3 aromatic carbocycles. The predicted octanol–water partition coefficient (Wildman–Crippen LogP) is 3.41. The molecule has 3 rings (SSSR count). The Kier molecular flexibility index (Phi) is 8.07. The minimum absolute atomic E-state index is 0.0193. The molecule has 0 radical (unpaired) electrons. The monoisotopic (exact) mass is 393 g/mol. The van der Waals surface area contributed by atoms with Crippen LogP contribution < -0.4 is 14.8 Å². The van der Waals surface area contributed by atoms with Crippen molar-refractivity contribution in [1.82, 2.24) is 5.32 Å². The number of hydrogen-bond donors (Lipinski definition) is 3. The summed E-state index contributed by atoms with van der Waals surface area (Å²) in [4.78, 5) is 0. The molecule has 0 bridgehead atoms. The summed E-state index contributed by atoms with van der Waals surface area (Å²) in [5.41, 5.74) is 1.08. The Labute approximate surface area is 171 Å². The molecule has 0 aliphatic carbocycles.